The van der Waals surface area contributed by atoms with Crippen molar-refractivity contribution < 1.29 is 9.18 Å². The number of carbonyl (C=O) groups is 1. The van der Waals surface area contributed by atoms with Gasteiger partial charge in [-0.3, -0.25) is 4.79 Å². The highest BCUT2D eigenvalue weighted by molar-refractivity contribution is 6.02. The van der Waals surface area contributed by atoms with Crippen molar-refractivity contribution in [2.24, 2.45) is 0 Å². The van der Waals surface area contributed by atoms with E-state index in [2.05, 4.69) is 5.32 Å². The zero-order valence-corrected chi connectivity index (χ0v) is 11.1. The lowest BCUT2D eigenvalue weighted by Crippen LogP contribution is -2.08. The Hall–Kier alpha value is -2.62. The molecule has 0 bridgehead atoms. The van der Waals surface area contributed by atoms with Crippen LogP contribution in [0.2, 0.25) is 0 Å². The number of anilines is 2. The quantitative estimate of drug-likeness (QED) is 0.663. The molecule has 20 heavy (non-hydrogen) atoms. The van der Waals surface area contributed by atoms with Gasteiger partial charge >= 0.3 is 0 Å². The number of carbonyl (C=O) groups excluding carboxylic acids is 1. The van der Waals surface area contributed by atoms with Gasteiger partial charge in [0.2, 0.25) is 5.91 Å². The van der Waals surface area contributed by atoms with E-state index in [1.165, 1.54) is 18.2 Å². The van der Waals surface area contributed by atoms with Crippen molar-refractivity contribution in [3.8, 4) is 0 Å². The lowest BCUT2D eigenvalue weighted by molar-refractivity contribution is -0.111. The molecule has 0 saturated carbocycles. The summed E-state index contributed by atoms with van der Waals surface area (Å²) in [5.74, 6) is -0.570. The van der Waals surface area contributed by atoms with Crippen LogP contribution >= 0.6 is 0 Å². The smallest absolute Gasteiger partial charge is 0.248 e. The summed E-state index contributed by atoms with van der Waals surface area (Å²) >= 11 is 0. The zero-order valence-electron chi connectivity index (χ0n) is 11.1. The van der Waals surface area contributed by atoms with Crippen molar-refractivity contribution in [3.05, 3.63) is 65.5 Å². The maximum atomic E-state index is 12.7. The number of benzene rings is 2. The van der Waals surface area contributed by atoms with Crippen LogP contribution in [-0.2, 0) is 4.79 Å². The number of hydrogen-bond donors (Lipinski definition) is 2. The molecule has 0 unspecified atom stereocenters. The first-order chi connectivity index (χ1) is 9.54. The molecule has 0 spiro atoms. The molecule has 4 heteroatoms. The summed E-state index contributed by atoms with van der Waals surface area (Å²) in [6, 6.07) is 11.2. The van der Waals surface area contributed by atoms with E-state index in [0.29, 0.717) is 11.4 Å². The molecule has 3 N–H and O–H groups in total. The molecule has 0 fully saturated rings. The molecule has 0 saturated heterocycles. The highest BCUT2D eigenvalue weighted by atomic mass is 19.1. The summed E-state index contributed by atoms with van der Waals surface area (Å²) in [5, 5.41) is 2.71. The normalized spacial score (nSPS) is 10.7. The number of nitrogens with one attached hydrogen (secondary N) is 1. The van der Waals surface area contributed by atoms with Crippen LogP contribution in [0, 0.1) is 12.7 Å². The minimum absolute atomic E-state index is 0.266. The Kier molecular flexibility index (Phi) is 4.15. The lowest BCUT2D eigenvalue weighted by atomic mass is 10.2. The molecule has 1 amide bonds. The number of halogens is 1. The fraction of sp³-hybridized carbons (Fsp3) is 0.0625. The maximum absolute atomic E-state index is 12.7. The first-order valence-electron chi connectivity index (χ1n) is 6.15. The number of nitrogens with two attached hydrogens (primary N) is 1. The average molecular weight is 270 g/mol. The second-order valence-electron chi connectivity index (χ2n) is 4.45. The minimum Gasteiger partial charge on any atom is -0.398 e. The van der Waals surface area contributed by atoms with Gasteiger partial charge in [-0.1, -0.05) is 18.2 Å². The summed E-state index contributed by atoms with van der Waals surface area (Å²) in [7, 11) is 0. The Bertz CT molecular complexity index is 648. The second-order valence-corrected chi connectivity index (χ2v) is 4.45. The summed E-state index contributed by atoms with van der Waals surface area (Å²) in [6.07, 6.45) is 3.01. The SMILES string of the molecule is Cc1ccc(NC(=O)/C=C/c2ccc(F)cc2)cc1N. The Morgan fingerprint density at radius 1 is 1.20 bits per heavy atom. The largest absolute Gasteiger partial charge is 0.398 e. The van der Waals surface area contributed by atoms with Gasteiger partial charge in [-0.2, -0.15) is 0 Å². The fourth-order valence-electron chi connectivity index (χ4n) is 1.65. The third-order valence-electron chi connectivity index (χ3n) is 2.84. The van der Waals surface area contributed by atoms with Crippen LogP contribution in [0.3, 0.4) is 0 Å². The van der Waals surface area contributed by atoms with Crippen molar-refractivity contribution in [1.82, 2.24) is 0 Å². The fourth-order valence-corrected chi connectivity index (χ4v) is 1.65. The van der Waals surface area contributed by atoms with Crippen molar-refractivity contribution in [2.45, 2.75) is 6.92 Å². The predicted octanol–water partition coefficient (Wildman–Crippen LogP) is 3.37. The predicted molar refractivity (Wildman–Crippen MR) is 79.7 cm³/mol. The van der Waals surface area contributed by atoms with E-state index in [4.69, 9.17) is 5.73 Å². The van der Waals surface area contributed by atoms with E-state index in [0.717, 1.165) is 11.1 Å². The molecule has 3 nitrogen and oxygen atoms in total. The van der Waals surface area contributed by atoms with Crippen LogP contribution in [0.15, 0.2) is 48.5 Å². The maximum Gasteiger partial charge on any atom is 0.248 e. The monoisotopic (exact) mass is 270 g/mol. The third-order valence-corrected chi connectivity index (χ3v) is 2.84. The van der Waals surface area contributed by atoms with Crippen LogP contribution < -0.4 is 11.1 Å². The van der Waals surface area contributed by atoms with Crippen LogP contribution in [0.25, 0.3) is 6.08 Å². The number of amides is 1. The van der Waals surface area contributed by atoms with Gasteiger partial charge < -0.3 is 11.1 Å². The molecular formula is C16H15FN2O. The number of nitrogen functional groups attached to an aromatic ring is 1. The van der Waals surface area contributed by atoms with Crippen LogP contribution in [0.4, 0.5) is 15.8 Å². The van der Waals surface area contributed by atoms with Crippen molar-refractivity contribution in [2.75, 3.05) is 11.1 Å². The van der Waals surface area contributed by atoms with Crippen molar-refractivity contribution in [1.29, 1.82) is 0 Å². The van der Waals surface area contributed by atoms with E-state index in [9.17, 15) is 9.18 Å². The van der Waals surface area contributed by atoms with Crippen LogP contribution in [0.5, 0.6) is 0 Å². The van der Waals surface area contributed by atoms with E-state index in [1.807, 2.05) is 13.0 Å². The highest BCUT2D eigenvalue weighted by Gasteiger charge is 2.00. The Morgan fingerprint density at radius 3 is 2.55 bits per heavy atom. The van der Waals surface area contributed by atoms with Gasteiger partial charge in [0.1, 0.15) is 5.82 Å². The van der Waals surface area contributed by atoms with Gasteiger partial charge in [0.05, 0.1) is 0 Å². The van der Waals surface area contributed by atoms with Crippen LogP contribution in [-0.4, -0.2) is 5.91 Å². The summed E-state index contributed by atoms with van der Waals surface area (Å²) in [5.41, 5.74) is 8.76. The van der Waals surface area contributed by atoms with E-state index in [-0.39, 0.29) is 11.7 Å². The number of rotatable bonds is 3. The second kappa shape index (κ2) is 6.02. The molecule has 0 aromatic heterocycles. The van der Waals surface area contributed by atoms with Gasteiger partial charge in [0.25, 0.3) is 0 Å². The average Bonchev–Trinajstić information content (AvgIpc) is 2.42. The summed E-state index contributed by atoms with van der Waals surface area (Å²) in [4.78, 5) is 11.7. The third kappa shape index (κ3) is 3.68. The van der Waals surface area contributed by atoms with Gasteiger partial charge in [-0.25, -0.2) is 4.39 Å². The number of hydrogen-bond acceptors (Lipinski definition) is 2. The molecule has 0 radical (unpaired) electrons. The highest BCUT2D eigenvalue weighted by Crippen LogP contribution is 2.16. The molecule has 2 aromatic rings. The van der Waals surface area contributed by atoms with E-state index in [1.54, 1.807) is 30.3 Å². The Balaban J connectivity index is 2.01. The van der Waals surface area contributed by atoms with Gasteiger partial charge in [-0.15, -0.1) is 0 Å². The van der Waals surface area contributed by atoms with Crippen LogP contribution in [0.1, 0.15) is 11.1 Å². The standard InChI is InChI=1S/C16H15FN2O/c1-11-2-8-14(10-15(11)18)19-16(20)9-5-12-3-6-13(17)7-4-12/h2-10H,18H2,1H3,(H,19,20)/b9-5+. The minimum atomic E-state index is -0.304. The molecule has 0 aliphatic rings. The number of aryl methyl sites for hydroxylation is 1. The molecule has 2 aromatic carbocycles. The molecule has 0 atom stereocenters. The summed E-state index contributed by atoms with van der Waals surface area (Å²) < 4.78 is 12.7. The molecule has 2 rings (SSSR count). The van der Waals surface area contributed by atoms with Gasteiger partial charge in [-0.05, 0) is 48.4 Å². The first kappa shape index (κ1) is 13.8. The van der Waals surface area contributed by atoms with Gasteiger partial charge in [0, 0.05) is 17.5 Å². The molecular weight excluding hydrogens is 255 g/mol. The lowest BCUT2D eigenvalue weighted by Gasteiger charge is -2.05. The molecule has 0 heterocycles. The van der Waals surface area contributed by atoms with Crippen molar-refractivity contribution >= 4 is 23.4 Å². The topological polar surface area (TPSA) is 55.1 Å². The Morgan fingerprint density at radius 2 is 1.90 bits per heavy atom. The first-order valence-corrected chi connectivity index (χ1v) is 6.15. The van der Waals surface area contributed by atoms with Gasteiger partial charge in [0.15, 0.2) is 0 Å². The molecule has 0 aliphatic carbocycles. The van der Waals surface area contributed by atoms with Crippen molar-refractivity contribution in [3.63, 3.8) is 0 Å². The Labute approximate surface area is 116 Å². The van der Waals surface area contributed by atoms with E-state index < -0.39 is 0 Å². The molecule has 102 valence electrons. The summed E-state index contributed by atoms with van der Waals surface area (Å²) in [6.45, 7) is 1.90. The zero-order chi connectivity index (χ0) is 14.5. The molecule has 0 aliphatic heterocycles. The van der Waals surface area contributed by atoms with E-state index >= 15 is 0 Å².